The fourth-order valence-corrected chi connectivity index (χ4v) is 3.94. The molecule has 20 heavy (non-hydrogen) atoms. The molecule has 0 saturated heterocycles. The van der Waals surface area contributed by atoms with Crippen LogP contribution in [0.1, 0.15) is 25.3 Å². The van der Waals surface area contributed by atoms with Gasteiger partial charge in [0.1, 0.15) is 0 Å². The lowest BCUT2D eigenvalue weighted by Crippen LogP contribution is -2.20. The van der Waals surface area contributed by atoms with Crippen LogP contribution < -0.4 is 5.32 Å². The summed E-state index contributed by atoms with van der Waals surface area (Å²) in [7, 11) is 2.03. The smallest absolute Gasteiger partial charge is 0.0355 e. The van der Waals surface area contributed by atoms with Crippen molar-refractivity contribution in [2.24, 2.45) is 5.92 Å². The van der Waals surface area contributed by atoms with E-state index in [4.69, 9.17) is 0 Å². The topological polar surface area (TPSA) is 12.0 Å². The number of hydrogen-bond acceptors (Lipinski definition) is 2. The summed E-state index contributed by atoms with van der Waals surface area (Å²) in [5.74, 6) is 1.22. The van der Waals surface area contributed by atoms with E-state index >= 15 is 0 Å². The van der Waals surface area contributed by atoms with Gasteiger partial charge in [-0.1, -0.05) is 38.1 Å². The second kappa shape index (κ2) is 5.55. The van der Waals surface area contributed by atoms with Gasteiger partial charge >= 0.3 is 0 Å². The highest BCUT2D eigenvalue weighted by atomic mass is 32.1. The third kappa shape index (κ3) is 2.34. The molecule has 0 radical (unpaired) electrons. The number of thiophene rings is 1. The van der Waals surface area contributed by atoms with E-state index in [-0.39, 0.29) is 0 Å². The third-order valence-electron chi connectivity index (χ3n) is 4.31. The molecule has 0 bridgehead atoms. The zero-order valence-corrected chi connectivity index (χ0v) is 13.1. The molecule has 3 aromatic rings. The minimum atomic E-state index is 0.575. The van der Waals surface area contributed by atoms with Crippen LogP contribution >= 0.6 is 11.3 Å². The second-order valence-electron chi connectivity index (χ2n) is 5.68. The van der Waals surface area contributed by atoms with Gasteiger partial charge in [-0.25, -0.2) is 0 Å². The first kappa shape index (κ1) is 13.6. The maximum atomic E-state index is 3.28. The van der Waals surface area contributed by atoms with Crippen LogP contribution in [0.25, 0.3) is 20.2 Å². The first-order valence-corrected chi connectivity index (χ1v) is 8.08. The van der Waals surface area contributed by atoms with E-state index in [2.05, 4.69) is 61.6 Å². The number of nitrogens with one attached hydrogen (secondary N) is 1. The summed E-state index contributed by atoms with van der Waals surface area (Å²) >= 11 is 1.89. The van der Waals surface area contributed by atoms with Gasteiger partial charge in [0.2, 0.25) is 0 Å². The Morgan fingerprint density at radius 1 is 1.00 bits per heavy atom. The van der Waals surface area contributed by atoms with Gasteiger partial charge in [0.15, 0.2) is 0 Å². The van der Waals surface area contributed by atoms with Crippen molar-refractivity contribution >= 4 is 31.5 Å². The van der Waals surface area contributed by atoms with E-state index in [1.807, 2.05) is 18.4 Å². The van der Waals surface area contributed by atoms with Crippen molar-refractivity contribution < 1.29 is 0 Å². The number of hydrogen-bond donors (Lipinski definition) is 1. The monoisotopic (exact) mass is 283 g/mol. The van der Waals surface area contributed by atoms with Gasteiger partial charge in [-0.15, -0.1) is 11.3 Å². The highest BCUT2D eigenvalue weighted by Crippen LogP contribution is 2.36. The van der Waals surface area contributed by atoms with Gasteiger partial charge in [0.05, 0.1) is 0 Å². The van der Waals surface area contributed by atoms with Crippen molar-refractivity contribution in [1.29, 1.82) is 0 Å². The zero-order valence-electron chi connectivity index (χ0n) is 12.3. The average molecular weight is 283 g/mol. The Hall–Kier alpha value is -1.38. The average Bonchev–Trinajstić information content (AvgIpc) is 2.84. The molecule has 0 aliphatic heterocycles. The summed E-state index contributed by atoms with van der Waals surface area (Å²) in [4.78, 5) is 0. The minimum Gasteiger partial charge on any atom is -0.319 e. The lowest BCUT2D eigenvalue weighted by Gasteiger charge is -2.20. The molecule has 1 aromatic heterocycles. The molecule has 1 N–H and O–H groups in total. The van der Waals surface area contributed by atoms with Gasteiger partial charge in [-0.2, -0.15) is 0 Å². The molecule has 1 heterocycles. The van der Waals surface area contributed by atoms with Gasteiger partial charge in [0.25, 0.3) is 0 Å². The first-order chi connectivity index (χ1) is 9.70. The third-order valence-corrected chi connectivity index (χ3v) is 5.46. The lowest BCUT2D eigenvalue weighted by atomic mass is 9.88. The molecule has 3 rings (SSSR count). The number of rotatable bonds is 4. The Kier molecular flexibility index (Phi) is 3.77. The van der Waals surface area contributed by atoms with Crippen molar-refractivity contribution in [2.45, 2.75) is 19.8 Å². The predicted octanol–water partition coefficient (Wildman–Crippen LogP) is 5.01. The van der Waals surface area contributed by atoms with Crippen LogP contribution in [0.5, 0.6) is 0 Å². The van der Waals surface area contributed by atoms with E-state index in [1.54, 1.807) is 0 Å². The van der Waals surface area contributed by atoms with Crippen LogP contribution in [0.2, 0.25) is 0 Å². The van der Waals surface area contributed by atoms with E-state index in [1.165, 1.54) is 25.7 Å². The Morgan fingerprint density at radius 3 is 2.55 bits per heavy atom. The largest absolute Gasteiger partial charge is 0.319 e. The molecule has 0 fully saturated rings. The molecule has 1 nitrogen and oxygen atoms in total. The molecule has 2 heteroatoms. The van der Waals surface area contributed by atoms with E-state index < -0.39 is 0 Å². The van der Waals surface area contributed by atoms with Gasteiger partial charge < -0.3 is 5.32 Å². The summed E-state index contributed by atoms with van der Waals surface area (Å²) < 4.78 is 2.78. The highest BCUT2D eigenvalue weighted by molar-refractivity contribution is 7.25. The minimum absolute atomic E-state index is 0.575. The van der Waals surface area contributed by atoms with Gasteiger partial charge in [-0.3, -0.25) is 0 Å². The van der Waals surface area contributed by atoms with Gasteiger partial charge in [-0.05, 0) is 49.2 Å². The molecule has 2 atom stereocenters. The molecule has 104 valence electrons. The van der Waals surface area contributed by atoms with Crippen LogP contribution in [-0.2, 0) is 0 Å². The van der Waals surface area contributed by atoms with Crippen LogP contribution in [0.15, 0.2) is 42.5 Å². The number of benzene rings is 2. The Morgan fingerprint density at radius 2 is 1.75 bits per heavy atom. The van der Waals surface area contributed by atoms with E-state index in [0.29, 0.717) is 11.8 Å². The second-order valence-corrected chi connectivity index (χ2v) is 6.76. The highest BCUT2D eigenvalue weighted by Gasteiger charge is 2.15. The Balaban J connectivity index is 2.07. The fourth-order valence-electron chi connectivity index (χ4n) is 2.85. The molecule has 0 amide bonds. The maximum Gasteiger partial charge on any atom is 0.0355 e. The summed E-state index contributed by atoms with van der Waals surface area (Å²) in [6, 6.07) is 15.7. The van der Waals surface area contributed by atoms with Crippen LogP contribution in [0, 0.1) is 5.92 Å². The molecule has 2 aromatic carbocycles. The molecular formula is C18H21NS. The SMILES string of the molecule is CNCC(C)C(C)c1ccc2sc3ccccc3c2c1. The molecule has 0 spiro atoms. The molecule has 0 aliphatic rings. The van der Waals surface area contributed by atoms with Crippen molar-refractivity contribution in [2.75, 3.05) is 13.6 Å². The molecule has 0 aliphatic carbocycles. The summed E-state index contributed by atoms with van der Waals surface area (Å²) in [5, 5.41) is 6.08. The summed E-state index contributed by atoms with van der Waals surface area (Å²) in [5.41, 5.74) is 1.45. The normalized spacial score (nSPS) is 14.8. The van der Waals surface area contributed by atoms with Crippen LogP contribution in [-0.4, -0.2) is 13.6 Å². The first-order valence-electron chi connectivity index (χ1n) is 7.26. The predicted molar refractivity (Wildman–Crippen MR) is 90.8 cm³/mol. The number of fused-ring (bicyclic) bond motifs is 3. The Bertz CT molecular complexity index is 728. The van der Waals surface area contributed by atoms with Crippen LogP contribution in [0.3, 0.4) is 0 Å². The van der Waals surface area contributed by atoms with E-state index in [0.717, 1.165) is 6.54 Å². The lowest BCUT2D eigenvalue weighted by molar-refractivity contribution is 0.466. The van der Waals surface area contributed by atoms with Crippen molar-refractivity contribution in [1.82, 2.24) is 5.32 Å². The summed E-state index contributed by atoms with van der Waals surface area (Å²) in [6.45, 7) is 5.71. The maximum absolute atomic E-state index is 3.28. The van der Waals surface area contributed by atoms with Crippen LogP contribution in [0.4, 0.5) is 0 Å². The summed E-state index contributed by atoms with van der Waals surface area (Å²) in [6.07, 6.45) is 0. The Labute approximate surface area is 124 Å². The van der Waals surface area contributed by atoms with Gasteiger partial charge in [0, 0.05) is 20.2 Å². The molecular weight excluding hydrogens is 262 g/mol. The van der Waals surface area contributed by atoms with Crippen molar-refractivity contribution in [3.63, 3.8) is 0 Å². The zero-order chi connectivity index (χ0) is 14.1. The quantitative estimate of drug-likeness (QED) is 0.709. The van der Waals surface area contributed by atoms with Crippen molar-refractivity contribution in [3.8, 4) is 0 Å². The molecule has 2 unspecified atom stereocenters. The van der Waals surface area contributed by atoms with Crippen molar-refractivity contribution in [3.05, 3.63) is 48.0 Å². The van der Waals surface area contributed by atoms with E-state index in [9.17, 15) is 0 Å². The molecule has 0 saturated carbocycles. The standard InChI is InChI=1S/C18H21NS/c1-12(11-19-3)13(2)14-8-9-18-16(10-14)15-6-4-5-7-17(15)20-18/h4-10,12-13,19H,11H2,1-3H3. The fraction of sp³-hybridized carbons (Fsp3) is 0.333.